The van der Waals surface area contributed by atoms with Gasteiger partial charge in [-0.25, -0.2) is 0 Å². The lowest BCUT2D eigenvalue weighted by Crippen LogP contribution is -2.31. The predicted octanol–water partition coefficient (Wildman–Crippen LogP) is 15.5. The van der Waals surface area contributed by atoms with Crippen LogP contribution in [0.15, 0.2) is 108 Å². The summed E-state index contributed by atoms with van der Waals surface area (Å²) in [6, 6.07) is 35.0. The number of fused-ring (bicyclic) bond motifs is 5. The molecule has 21 rings (SSSR count). The normalized spacial score (nSPS) is 36.7. The van der Waals surface area contributed by atoms with Gasteiger partial charge in [-0.1, -0.05) is 54.1 Å². The minimum absolute atomic E-state index is 0.0362. The summed E-state index contributed by atoms with van der Waals surface area (Å²) >= 11 is 0. The first-order valence-corrected chi connectivity index (χ1v) is 27.9. The Balaban J connectivity index is 0.876. The quantitative estimate of drug-likeness (QED) is 0.118. The molecule has 2 spiro atoms. The molecule has 0 saturated heterocycles. The lowest BCUT2D eigenvalue weighted by atomic mass is 9.62. The highest BCUT2D eigenvalue weighted by atomic mass is 16.5. The Morgan fingerprint density at radius 2 is 0.789 bits per heavy atom. The minimum atomic E-state index is -0.318. The van der Waals surface area contributed by atoms with Gasteiger partial charge in [-0.3, -0.25) is 4.79 Å². The van der Waals surface area contributed by atoms with Crippen LogP contribution in [-0.4, -0.2) is 12.9 Å². The van der Waals surface area contributed by atoms with Crippen molar-refractivity contribution in [3.05, 3.63) is 192 Å². The number of ketones is 1. The molecular weight excluding hydrogens is 865 g/mol. The fraction of sp³-hybridized carbons (Fsp3) is 0.368. The maximum absolute atomic E-state index is 13.5. The van der Waals surface area contributed by atoms with Crippen molar-refractivity contribution in [3.63, 3.8) is 0 Å². The van der Waals surface area contributed by atoms with Gasteiger partial charge in [0.15, 0.2) is 5.78 Å². The van der Waals surface area contributed by atoms with E-state index in [4.69, 9.17) is 9.47 Å². The van der Waals surface area contributed by atoms with Crippen LogP contribution in [0.3, 0.4) is 0 Å². The molecule has 14 aliphatic rings. The Morgan fingerprint density at radius 3 is 1.25 bits per heavy atom. The van der Waals surface area contributed by atoms with Crippen LogP contribution < -0.4 is 9.47 Å². The van der Waals surface area contributed by atoms with Gasteiger partial charge in [0.2, 0.25) is 0 Å². The molecule has 0 amide bonds. The number of aryl methyl sites for hydroxylation is 1. The number of benzene rings is 7. The van der Waals surface area contributed by atoms with Crippen molar-refractivity contribution in [1.82, 2.24) is 0 Å². The average molecular weight is 917 g/mol. The smallest absolute Gasteiger partial charge is 0.193 e. The number of hydrogen-bond donors (Lipinski definition) is 0. The highest BCUT2D eigenvalue weighted by molar-refractivity contribution is 6.28. The lowest BCUT2D eigenvalue weighted by Gasteiger charge is -2.40. The number of ether oxygens (including phenoxy) is 2. The van der Waals surface area contributed by atoms with E-state index in [9.17, 15) is 4.79 Å². The second kappa shape index (κ2) is 11.1. The lowest BCUT2D eigenvalue weighted by molar-refractivity contribution is 0.103. The SMILES string of the molecule is COc1ccc(C2(c3ccc(Oc4ccc(C(=O)c5ccc(C)cc5)cc4)cc3)C34C5=C6c7c8c9c%10c%11c%12c%13c%14c%15c(c%16c%13c%10c7C%1632)C2=C4C3CCC2C%15CCC%14C%12CCC%11C9CCC8C6CCC53)cc1. The zero-order chi connectivity index (χ0) is 45.7. The van der Waals surface area contributed by atoms with Crippen molar-refractivity contribution < 1.29 is 14.3 Å². The number of carbonyl (C=O) groups excluding carboxylic acids is 1. The molecule has 342 valence electrons. The molecule has 71 heavy (non-hydrogen) atoms. The highest BCUT2D eigenvalue weighted by Gasteiger charge is 2.98. The molecule has 7 aromatic carbocycles. The summed E-state index contributed by atoms with van der Waals surface area (Å²) in [5, 5.41) is 7.24. The van der Waals surface area contributed by atoms with Gasteiger partial charge in [-0.2, -0.15) is 0 Å². The Morgan fingerprint density at radius 1 is 0.408 bits per heavy atom. The Kier molecular flexibility index (Phi) is 5.72. The fourth-order valence-electron chi connectivity index (χ4n) is 22.9. The highest BCUT2D eigenvalue weighted by Crippen LogP contribution is 3.01. The standard InChI is InChI=1S/C68H52O3/c1-29-3-5-30(6-4-29)65(69)31-7-13-35(14-8-31)71-36-17-11-33(12-18-36)66(32-9-15-34(70-2)16-10-32)67-61-45-27-25-43-41-23-21-39-37-19-20-38-40-22-24-42-44-26-28-46(45)62(67)54(44)58-52(42)50(40)56-48(38)47(37)55-49(39)51(41)57(53(43)61)63-59(55)60(56)64(58)68(63,66)67/h3-18,37-46H,19-28H2,1-2H3. The van der Waals surface area contributed by atoms with Gasteiger partial charge in [0.25, 0.3) is 0 Å². The summed E-state index contributed by atoms with van der Waals surface area (Å²) in [6.07, 6.45) is 13.9. The molecule has 14 aliphatic carbocycles. The van der Waals surface area contributed by atoms with E-state index in [0.29, 0.717) is 70.3 Å². The van der Waals surface area contributed by atoms with Gasteiger partial charge in [-0.15, -0.1) is 0 Å². The van der Waals surface area contributed by atoms with Crippen LogP contribution in [-0.2, 0) is 10.8 Å². The Hall–Kier alpha value is -6.19. The molecule has 0 heterocycles. The first kappa shape index (κ1) is 36.7. The van der Waals surface area contributed by atoms with Gasteiger partial charge < -0.3 is 9.47 Å². The van der Waals surface area contributed by atoms with Crippen molar-refractivity contribution >= 4 is 38.5 Å². The van der Waals surface area contributed by atoms with Crippen LogP contribution in [0.25, 0.3) is 32.7 Å². The largest absolute Gasteiger partial charge is 0.497 e. The number of methoxy groups -OCH3 is 1. The average Bonchev–Trinajstić information content (AvgIpc) is 4.26. The van der Waals surface area contributed by atoms with E-state index in [1.54, 1.807) is 10.8 Å². The monoisotopic (exact) mass is 916 g/mol. The zero-order valence-corrected chi connectivity index (χ0v) is 40.3. The fourth-order valence-corrected chi connectivity index (χ4v) is 22.9. The Bertz CT molecular complexity index is 3820. The molecule has 0 N–H and O–H groups in total. The third-order valence-corrected chi connectivity index (χ3v) is 24.1. The van der Waals surface area contributed by atoms with Crippen LogP contribution in [0, 0.1) is 36.0 Å². The molecule has 2 saturated carbocycles. The number of hydrogen-bond acceptors (Lipinski definition) is 3. The third kappa shape index (κ3) is 3.25. The summed E-state index contributed by atoms with van der Waals surface area (Å²) in [6.45, 7) is 2.05. The van der Waals surface area contributed by atoms with E-state index in [1.807, 2.05) is 144 Å². The second-order valence-corrected chi connectivity index (χ2v) is 25.4. The summed E-state index contributed by atoms with van der Waals surface area (Å²) in [4.78, 5) is 13.5. The van der Waals surface area contributed by atoms with Gasteiger partial charge in [0.1, 0.15) is 17.2 Å². The van der Waals surface area contributed by atoms with Crippen LogP contribution in [0.4, 0.5) is 0 Å². The topological polar surface area (TPSA) is 35.5 Å². The van der Waals surface area contributed by atoms with Crippen molar-refractivity contribution in [1.29, 1.82) is 0 Å². The van der Waals surface area contributed by atoms with E-state index < -0.39 is 0 Å². The summed E-state index contributed by atoms with van der Waals surface area (Å²) in [7, 11) is 1.84. The maximum Gasteiger partial charge on any atom is 0.193 e. The van der Waals surface area contributed by atoms with Crippen molar-refractivity contribution in [2.24, 2.45) is 29.1 Å². The van der Waals surface area contributed by atoms with Crippen molar-refractivity contribution in [2.45, 2.75) is 117 Å². The molecule has 0 aromatic heterocycles. The number of carbonyl (C=O) groups is 1. The molecule has 0 radical (unpaired) electrons. The molecule has 3 nitrogen and oxygen atoms in total. The van der Waals surface area contributed by atoms with Crippen LogP contribution in [0.5, 0.6) is 17.2 Å². The molecule has 11 unspecified atom stereocenters. The third-order valence-electron chi connectivity index (χ3n) is 24.1. The molecule has 0 aliphatic heterocycles. The van der Waals surface area contributed by atoms with Gasteiger partial charge in [0.05, 0.1) is 12.5 Å². The summed E-state index contributed by atoms with van der Waals surface area (Å²) in [5.74, 6) is 9.43. The zero-order valence-electron chi connectivity index (χ0n) is 40.3. The first-order valence-electron chi connectivity index (χ1n) is 27.9. The minimum Gasteiger partial charge on any atom is -0.497 e. The molecule has 0 bridgehead atoms. The van der Waals surface area contributed by atoms with E-state index in [1.165, 1.54) is 75.3 Å². The predicted molar refractivity (Wildman–Crippen MR) is 276 cm³/mol. The summed E-state index contributed by atoms with van der Waals surface area (Å²) < 4.78 is 12.8. The van der Waals surface area contributed by atoms with E-state index in [-0.39, 0.29) is 22.0 Å². The molecule has 3 heteroatoms. The maximum atomic E-state index is 13.5. The molecular formula is C68H52O3. The first-order chi connectivity index (χ1) is 35.0. The number of rotatable bonds is 7. The molecule has 2 fully saturated rings. The van der Waals surface area contributed by atoms with Crippen LogP contribution in [0.1, 0.15) is 188 Å². The van der Waals surface area contributed by atoms with Crippen LogP contribution in [0.2, 0.25) is 0 Å². The van der Waals surface area contributed by atoms with E-state index in [0.717, 1.165) is 22.8 Å². The molecule has 7 aromatic rings. The summed E-state index contributed by atoms with van der Waals surface area (Å²) in [5.41, 5.74) is 31.4. The van der Waals surface area contributed by atoms with Crippen LogP contribution >= 0.6 is 0 Å². The Labute approximate surface area is 413 Å². The second-order valence-electron chi connectivity index (χ2n) is 25.4. The van der Waals surface area contributed by atoms with Gasteiger partial charge in [-0.05, 0) is 289 Å². The van der Waals surface area contributed by atoms with Crippen molar-refractivity contribution in [3.8, 4) is 17.2 Å². The van der Waals surface area contributed by atoms with E-state index in [2.05, 4.69) is 55.5 Å². The van der Waals surface area contributed by atoms with Gasteiger partial charge >= 0.3 is 0 Å². The number of allylic oxidation sites excluding steroid dienone is 4. The van der Waals surface area contributed by atoms with Crippen molar-refractivity contribution in [2.75, 3.05) is 7.11 Å². The van der Waals surface area contributed by atoms with E-state index >= 15 is 0 Å². The molecule has 11 atom stereocenters. The van der Waals surface area contributed by atoms with Gasteiger partial charge in [0, 0.05) is 22.0 Å².